The van der Waals surface area contributed by atoms with Crippen LogP contribution >= 0.6 is 20.2 Å². The average molecular weight is 251 g/mol. The van der Waals surface area contributed by atoms with Crippen LogP contribution in [0, 0.1) is 12.8 Å². The fourth-order valence-electron chi connectivity index (χ4n) is 1.30. The number of hydrogen-bond donors (Lipinski definition) is 0. The summed E-state index contributed by atoms with van der Waals surface area (Å²) in [5.74, 6) is 0.565. The van der Waals surface area contributed by atoms with Gasteiger partial charge in [-0.25, -0.2) is 0 Å². The maximum absolute atomic E-state index is 11.9. The van der Waals surface area contributed by atoms with Gasteiger partial charge >= 0.3 is 18.9 Å². The van der Waals surface area contributed by atoms with Crippen LogP contribution in [0.4, 0.5) is 0 Å². The number of aryl methyl sites for hydroxylation is 1. The third-order valence-corrected chi connectivity index (χ3v) is 4.03. The smallest absolute Gasteiger partial charge is 1.00 e. The molecule has 0 heterocycles. The topological polar surface area (TPSA) is 17.1 Å². The molecule has 1 unspecified atom stereocenters. The van der Waals surface area contributed by atoms with Crippen molar-refractivity contribution >= 4 is 25.7 Å². The van der Waals surface area contributed by atoms with Crippen LogP contribution in [-0.4, -0.2) is 11.7 Å². The van der Waals surface area contributed by atoms with E-state index < -0.39 is 0 Å². The van der Waals surface area contributed by atoms with Gasteiger partial charge in [-0.3, -0.25) is 4.79 Å². The van der Waals surface area contributed by atoms with E-state index in [1.165, 1.54) is 0 Å². The second-order valence-electron chi connectivity index (χ2n) is 4.04. The third kappa shape index (κ3) is 4.60. The molecule has 0 spiro atoms. The zero-order valence-corrected chi connectivity index (χ0v) is 12.1. The maximum atomic E-state index is 11.9. The minimum Gasteiger partial charge on any atom is -1.00 e. The fourth-order valence-corrected chi connectivity index (χ4v) is 2.79. The van der Waals surface area contributed by atoms with Crippen molar-refractivity contribution in [2.75, 3.05) is 6.16 Å². The fraction of sp³-hybridized carbons (Fsp3) is 0.417. The van der Waals surface area contributed by atoms with Crippen LogP contribution in [0.3, 0.4) is 0 Å². The summed E-state index contributed by atoms with van der Waals surface area (Å²) in [6, 6.07) is 5.58. The van der Waals surface area contributed by atoms with Gasteiger partial charge in [-0.05, 0) is 39.2 Å². The summed E-state index contributed by atoms with van der Waals surface area (Å²) in [4.78, 5) is 11.9. The second-order valence-corrected chi connectivity index (χ2v) is 5.66. The van der Waals surface area contributed by atoms with Gasteiger partial charge < -0.3 is 1.43 Å². The molecule has 0 amide bonds. The van der Waals surface area contributed by atoms with E-state index in [9.17, 15) is 4.79 Å². The Balaban J connectivity index is 0. The molecule has 1 atom stereocenters. The summed E-state index contributed by atoms with van der Waals surface area (Å²) in [6.45, 7) is 6.18. The third-order valence-electron chi connectivity index (χ3n) is 2.12. The number of carbonyl (C=O) groups is 1. The van der Waals surface area contributed by atoms with Gasteiger partial charge in [0, 0.05) is 5.56 Å². The van der Waals surface area contributed by atoms with Crippen molar-refractivity contribution in [3.8, 4) is 0 Å². The van der Waals surface area contributed by atoms with Crippen molar-refractivity contribution in [1.82, 2.24) is 0 Å². The Labute approximate surface area is 118 Å². The van der Waals surface area contributed by atoms with Gasteiger partial charge in [-0.2, -0.15) is 0 Å². The van der Waals surface area contributed by atoms with Gasteiger partial charge in [-0.1, -0.05) is 37.6 Å². The van der Waals surface area contributed by atoms with Gasteiger partial charge in [0.05, 0.1) is 5.02 Å². The zero-order chi connectivity index (χ0) is 11.4. The Kier molecular flexibility index (Phi) is 7.61. The Bertz CT molecular complexity index is 351. The largest absolute Gasteiger partial charge is 1.00 e. The van der Waals surface area contributed by atoms with Crippen LogP contribution in [0.1, 0.15) is 31.2 Å². The van der Waals surface area contributed by atoms with Gasteiger partial charge in [0.25, 0.3) is 0 Å². The van der Waals surface area contributed by atoms with Crippen molar-refractivity contribution in [3.63, 3.8) is 0 Å². The van der Waals surface area contributed by atoms with E-state index >= 15 is 0 Å². The molecule has 0 N–H and O–H groups in total. The molecule has 0 saturated carbocycles. The first-order valence-corrected chi connectivity index (χ1v) is 6.64. The average Bonchev–Trinajstić information content (AvgIpc) is 2.14. The van der Waals surface area contributed by atoms with Crippen LogP contribution < -0.4 is 18.9 Å². The molecule has 1 aromatic carbocycles. The number of rotatable bonds is 4. The van der Waals surface area contributed by atoms with E-state index in [1.807, 2.05) is 19.1 Å². The summed E-state index contributed by atoms with van der Waals surface area (Å²) in [5, 5.41) is 0.580. The Morgan fingerprint density at radius 2 is 2.12 bits per heavy atom. The minimum absolute atomic E-state index is 0. The molecule has 0 aliphatic heterocycles. The molecule has 0 fully saturated rings. The van der Waals surface area contributed by atoms with Crippen molar-refractivity contribution in [2.24, 2.45) is 5.92 Å². The van der Waals surface area contributed by atoms with Gasteiger partial charge in [0.2, 0.25) is 0 Å². The molecule has 1 nitrogen and oxygen atoms in total. The number of hydrogen-bond acceptors (Lipinski definition) is 1. The normalized spacial score (nSPS) is 10.8. The van der Waals surface area contributed by atoms with E-state index in [0.29, 0.717) is 25.1 Å². The molecule has 0 aliphatic carbocycles. The minimum atomic E-state index is 0. The molecule has 1 aromatic rings. The standard InChI is InChI=1S/C12H16ClOP.Li.H/c1-8(2)7-15-12(14)11-9(3)5-4-6-10(11)13;;/h4-6,8,15H,7H2,1-3H3;;/q;+1;-1. The van der Waals surface area contributed by atoms with Gasteiger partial charge in [0.1, 0.15) is 0 Å². The zero-order valence-electron chi connectivity index (χ0n) is 11.3. The Morgan fingerprint density at radius 3 is 2.62 bits per heavy atom. The Morgan fingerprint density at radius 1 is 1.50 bits per heavy atom. The predicted molar refractivity (Wildman–Crippen MR) is 69.7 cm³/mol. The van der Waals surface area contributed by atoms with Crippen LogP contribution in [0.25, 0.3) is 0 Å². The van der Waals surface area contributed by atoms with Crippen molar-refractivity contribution in [2.45, 2.75) is 20.8 Å². The quantitative estimate of drug-likeness (QED) is 0.581. The van der Waals surface area contributed by atoms with E-state index in [1.54, 1.807) is 6.07 Å². The maximum Gasteiger partial charge on any atom is 1.00 e. The van der Waals surface area contributed by atoms with Crippen LogP contribution in [-0.2, 0) is 0 Å². The second kappa shape index (κ2) is 7.52. The molecule has 0 aromatic heterocycles. The number of benzene rings is 1. The van der Waals surface area contributed by atoms with Crippen LogP contribution in [0.5, 0.6) is 0 Å². The van der Waals surface area contributed by atoms with Crippen LogP contribution in [0.15, 0.2) is 18.2 Å². The summed E-state index contributed by atoms with van der Waals surface area (Å²) < 4.78 is 0. The summed E-state index contributed by atoms with van der Waals surface area (Å²) >= 11 is 6.02. The molecule has 0 saturated heterocycles. The monoisotopic (exact) mass is 250 g/mol. The first kappa shape index (κ1) is 16.2. The van der Waals surface area contributed by atoms with Crippen LogP contribution in [0.2, 0.25) is 5.02 Å². The Hall–Kier alpha value is 0.207. The van der Waals surface area contributed by atoms with Gasteiger partial charge in [0.15, 0.2) is 5.52 Å². The summed E-state index contributed by atoms with van der Waals surface area (Å²) in [7, 11) is 0.333. The molecule has 16 heavy (non-hydrogen) atoms. The van der Waals surface area contributed by atoms with E-state index in [-0.39, 0.29) is 25.8 Å². The first-order chi connectivity index (χ1) is 7.02. The van der Waals surface area contributed by atoms with Crippen molar-refractivity contribution < 1.29 is 25.1 Å². The van der Waals surface area contributed by atoms with E-state index in [0.717, 1.165) is 11.7 Å². The molecule has 84 valence electrons. The molecule has 4 heteroatoms. The van der Waals surface area contributed by atoms with Gasteiger partial charge in [-0.15, -0.1) is 0 Å². The van der Waals surface area contributed by atoms with Crippen molar-refractivity contribution in [3.05, 3.63) is 34.3 Å². The molecule has 0 radical (unpaired) electrons. The molecule has 1 rings (SSSR count). The number of halogens is 1. The summed E-state index contributed by atoms with van der Waals surface area (Å²) in [5.41, 5.74) is 1.87. The molecular weight excluding hydrogens is 233 g/mol. The molecule has 0 aliphatic rings. The van der Waals surface area contributed by atoms with Crippen molar-refractivity contribution in [1.29, 1.82) is 0 Å². The first-order valence-electron chi connectivity index (χ1n) is 5.05. The SMILES string of the molecule is Cc1cccc(Cl)c1C(=O)PCC(C)C.[H-].[Li+]. The summed E-state index contributed by atoms with van der Waals surface area (Å²) in [6.07, 6.45) is 0.948. The molecular formula is C12H17ClLiOP. The van der Waals surface area contributed by atoms with E-state index in [4.69, 9.17) is 11.6 Å². The van der Waals surface area contributed by atoms with E-state index in [2.05, 4.69) is 13.8 Å². The molecule has 0 bridgehead atoms. The number of carbonyl (C=O) groups excluding carboxylic acids is 1. The predicted octanol–water partition coefficient (Wildman–Crippen LogP) is 1.24.